The van der Waals surface area contributed by atoms with Gasteiger partial charge in [0.25, 0.3) is 5.19 Å². The summed E-state index contributed by atoms with van der Waals surface area (Å²) in [7, 11) is -3.81. The lowest BCUT2D eigenvalue weighted by atomic mass is 9.90. The smallest absolute Gasteiger partial charge is 0.274 e. The Kier molecular flexibility index (Phi) is 9.58. The second-order valence-electron chi connectivity index (χ2n) is 14.0. The lowest BCUT2D eigenvalue weighted by molar-refractivity contribution is -0.142. The minimum absolute atomic E-state index is 0.143. The molecule has 2 aliphatic carbocycles. The average Bonchev–Trinajstić information content (AvgIpc) is 3.95. The summed E-state index contributed by atoms with van der Waals surface area (Å²) in [5.74, 6) is -2.29. The molecule has 3 heterocycles. The lowest BCUT2D eigenvalue weighted by Gasteiger charge is -2.29. The van der Waals surface area contributed by atoms with Gasteiger partial charge in [-0.15, -0.1) is 0 Å². The van der Waals surface area contributed by atoms with Crippen molar-refractivity contribution in [1.82, 2.24) is 14.6 Å². The number of ketones is 1. The van der Waals surface area contributed by atoms with E-state index in [4.69, 9.17) is 16.3 Å². The van der Waals surface area contributed by atoms with Gasteiger partial charge in [0.05, 0.1) is 33.5 Å². The third kappa shape index (κ3) is 7.56. The molecule has 2 aromatic carbocycles. The molecule has 0 spiro atoms. The van der Waals surface area contributed by atoms with Crippen molar-refractivity contribution in [2.24, 2.45) is 17.3 Å². The molecular weight excluding hydrogens is 689 g/mol. The number of hydrogen-bond acceptors (Lipinski definition) is 8. The molecule has 0 bridgehead atoms. The number of rotatable bonds is 7. The van der Waals surface area contributed by atoms with Crippen molar-refractivity contribution in [3.63, 3.8) is 0 Å². The molecule has 9 nitrogen and oxygen atoms in total. The Balaban J connectivity index is 1.18. The monoisotopic (exact) mass is 727 g/mol. The summed E-state index contributed by atoms with van der Waals surface area (Å²) < 4.78 is 49.2. The van der Waals surface area contributed by atoms with Crippen molar-refractivity contribution in [3.8, 4) is 5.19 Å². The SMILES string of the molecule is O=C1C[C@]2(C(=O)NS(=O)(=O)C3CC3)C[C@H]2/C=C\CCCCC[C@H](Cc2cccc(F)c2)C(=O)N2C[C@H](Oc3nc4ccc(Cl)cc4s3)C[C@@H]12. The fourth-order valence-electron chi connectivity index (χ4n) is 7.34. The number of hydrogen-bond donors (Lipinski definition) is 1. The van der Waals surface area contributed by atoms with Gasteiger partial charge in [0, 0.05) is 23.8 Å². The van der Waals surface area contributed by atoms with Crippen LogP contribution < -0.4 is 9.46 Å². The van der Waals surface area contributed by atoms with Gasteiger partial charge in [-0.3, -0.25) is 19.1 Å². The number of ether oxygens (including phenoxy) is 1. The van der Waals surface area contributed by atoms with Gasteiger partial charge in [-0.05, 0) is 86.8 Å². The zero-order valence-corrected chi connectivity index (χ0v) is 29.4. The van der Waals surface area contributed by atoms with E-state index in [2.05, 4.69) is 9.71 Å². The van der Waals surface area contributed by atoms with Gasteiger partial charge in [0.15, 0.2) is 5.78 Å². The third-order valence-electron chi connectivity index (χ3n) is 10.3. The molecule has 260 valence electrons. The highest BCUT2D eigenvalue weighted by atomic mass is 35.5. The van der Waals surface area contributed by atoms with Crippen LogP contribution >= 0.6 is 22.9 Å². The van der Waals surface area contributed by atoms with E-state index in [1.54, 1.807) is 35.2 Å². The number of amides is 2. The first-order valence-electron chi connectivity index (χ1n) is 17.0. The molecule has 3 aromatic rings. The van der Waals surface area contributed by atoms with Gasteiger partial charge in [0.1, 0.15) is 11.9 Å². The topological polar surface area (TPSA) is 123 Å². The quantitative estimate of drug-likeness (QED) is 0.280. The largest absolute Gasteiger partial charge is 0.465 e. The summed E-state index contributed by atoms with van der Waals surface area (Å²) in [5, 5.41) is 0.397. The highest BCUT2D eigenvalue weighted by molar-refractivity contribution is 7.90. The molecule has 1 saturated heterocycles. The molecule has 13 heteroatoms. The fourth-order valence-corrected chi connectivity index (χ4v) is 9.88. The van der Waals surface area contributed by atoms with Crippen LogP contribution in [0.4, 0.5) is 4.39 Å². The van der Waals surface area contributed by atoms with Crippen molar-refractivity contribution < 1.29 is 31.9 Å². The van der Waals surface area contributed by atoms with E-state index in [1.807, 2.05) is 12.2 Å². The molecule has 7 rings (SSSR count). The Morgan fingerprint density at radius 1 is 1.12 bits per heavy atom. The minimum Gasteiger partial charge on any atom is -0.465 e. The van der Waals surface area contributed by atoms with Gasteiger partial charge in [0.2, 0.25) is 21.8 Å². The highest BCUT2D eigenvalue weighted by Crippen LogP contribution is 2.57. The fraction of sp³-hybridized carbons (Fsp3) is 0.500. The van der Waals surface area contributed by atoms with Crippen LogP contribution in [0.5, 0.6) is 5.19 Å². The van der Waals surface area contributed by atoms with E-state index >= 15 is 0 Å². The van der Waals surface area contributed by atoms with E-state index in [1.165, 1.54) is 23.5 Å². The second-order valence-corrected chi connectivity index (χ2v) is 17.3. The molecule has 2 amide bonds. The van der Waals surface area contributed by atoms with E-state index in [0.717, 1.165) is 35.9 Å². The summed E-state index contributed by atoms with van der Waals surface area (Å²) >= 11 is 7.50. The van der Waals surface area contributed by atoms with Crippen molar-refractivity contribution in [3.05, 3.63) is 71.0 Å². The van der Waals surface area contributed by atoms with Crippen LogP contribution in [0, 0.1) is 23.1 Å². The molecular formula is C36H39ClFN3O6S2. The number of thiazole rings is 1. The number of halogens is 2. The molecule has 1 aromatic heterocycles. The standard InChI is InChI=1S/C36H39ClFN3O6S2/c37-25-11-14-29-32(17-25)48-35(39-29)47-27-18-30-31(42)20-36(34(44)40-49(45,46)28-12-13-28)19-24(36)9-5-3-1-2-4-8-23(33(43)41(30)21-27)15-22-7-6-10-26(38)16-22/h5-7,9-11,14,16-17,23-24,27-28,30H,1-4,8,12-13,15,18-21H2,(H,40,44)/b9-5-/t23-,24-,27-,30+,36-/m1/s1. The van der Waals surface area contributed by atoms with Crippen molar-refractivity contribution in [2.45, 2.75) is 88.0 Å². The second kappa shape index (κ2) is 13.8. The Bertz CT molecular complexity index is 1910. The van der Waals surface area contributed by atoms with Crippen LogP contribution in [0.2, 0.25) is 5.02 Å². The molecule has 4 aliphatic rings. The molecule has 5 atom stereocenters. The zero-order chi connectivity index (χ0) is 34.3. The van der Waals surface area contributed by atoms with Crippen molar-refractivity contribution in [2.75, 3.05) is 6.54 Å². The van der Waals surface area contributed by atoms with E-state index in [-0.39, 0.29) is 42.8 Å². The van der Waals surface area contributed by atoms with Crippen LogP contribution in [-0.4, -0.2) is 59.8 Å². The van der Waals surface area contributed by atoms with Gasteiger partial charge in [-0.2, -0.15) is 0 Å². The molecule has 2 aliphatic heterocycles. The van der Waals surface area contributed by atoms with Gasteiger partial charge in [-0.25, -0.2) is 17.8 Å². The number of Topliss-reactive ketones (excluding diaryl/α,β-unsaturated/α-hetero) is 1. The number of carbonyl (C=O) groups excluding carboxylic acids is 3. The normalized spacial score (nSPS) is 28.7. The van der Waals surface area contributed by atoms with E-state index in [0.29, 0.717) is 47.9 Å². The number of carbonyl (C=O) groups is 3. The summed E-state index contributed by atoms with van der Waals surface area (Å²) in [6.07, 6.45) is 9.04. The van der Waals surface area contributed by atoms with Gasteiger partial charge in [-0.1, -0.05) is 60.1 Å². The zero-order valence-electron chi connectivity index (χ0n) is 27.0. The Labute approximate surface area is 294 Å². The summed E-state index contributed by atoms with van der Waals surface area (Å²) in [6.45, 7) is 0.143. The van der Waals surface area contributed by atoms with Gasteiger partial charge >= 0.3 is 0 Å². The van der Waals surface area contributed by atoms with Crippen molar-refractivity contribution >= 4 is 60.8 Å². The molecule has 49 heavy (non-hydrogen) atoms. The maximum absolute atomic E-state index is 14.5. The number of benzene rings is 2. The third-order valence-corrected chi connectivity index (χ3v) is 13.3. The average molecular weight is 728 g/mol. The van der Waals surface area contributed by atoms with Crippen LogP contribution in [0.25, 0.3) is 10.2 Å². The molecule has 0 radical (unpaired) electrons. The molecule has 3 fully saturated rings. The highest BCUT2D eigenvalue weighted by Gasteiger charge is 2.61. The summed E-state index contributed by atoms with van der Waals surface area (Å²) in [5.41, 5.74) is 0.230. The van der Waals surface area contributed by atoms with E-state index in [9.17, 15) is 27.2 Å². The first-order chi connectivity index (χ1) is 23.5. The number of nitrogens with one attached hydrogen (secondary N) is 1. The Morgan fingerprint density at radius 2 is 1.96 bits per heavy atom. The number of nitrogens with zero attached hydrogens (tertiary/aromatic N) is 2. The van der Waals surface area contributed by atoms with E-state index < -0.39 is 44.7 Å². The van der Waals surface area contributed by atoms with Crippen LogP contribution in [0.1, 0.15) is 69.8 Å². The predicted molar refractivity (Wildman–Crippen MR) is 185 cm³/mol. The minimum atomic E-state index is -3.81. The Hall–Kier alpha value is -3.35. The number of aromatic nitrogens is 1. The first kappa shape index (κ1) is 34.1. The summed E-state index contributed by atoms with van der Waals surface area (Å²) in [4.78, 5) is 48.7. The summed E-state index contributed by atoms with van der Waals surface area (Å²) in [6, 6.07) is 10.7. The molecule has 2 saturated carbocycles. The number of allylic oxidation sites excluding steroid dienone is 2. The number of sulfonamides is 1. The Morgan fingerprint density at radius 3 is 2.76 bits per heavy atom. The van der Waals surface area contributed by atoms with Crippen LogP contribution in [0.15, 0.2) is 54.6 Å². The maximum Gasteiger partial charge on any atom is 0.274 e. The lowest BCUT2D eigenvalue weighted by Crippen LogP contribution is -2.46. The van der Waals surface area contributed by atoms with Gasteiger partial charge < -0.3 is 9.64 Å². The van der Waals surface area contributed by atoms with Crippen molar-refractivity contribution in [1.29, 1.82) is 0 Å². The molecule has 1 N–H and O–H groups in total. The first-order valence-corrected chi connectivity index (χ1v) is 19.8. The van der Waals surface area contributed by atoms with Crippen LogP contribution in [-0.2, 0) is 30.8 Å². The number of fused-ring (bicyclic) bond motifs is 3. The van der Waals surface area contributed by atoms with Crippen LogP contribution in [0.3, 0.4) is 0 Å². The molecule has 0 unspecified atom stereocenters. The maximum atomic E-state index is 14.5. The predicted octanol–water partition coefficient (Wildman–Crippen LogP) is 6.39.